The molecule has 0 saturated heterocycles. The molecule has 4 heteroatoms. The van der Waals surface area contributed by atoms with E-state index < -0.39 is 6.04 Å². The maximum absolute atomic E-state index is 11.2. The molecule has 76 valence electrons. The molecule has 1 unspecified atom stereocenters. The Balaban J connectivity index is 3.50. The molecule has 0 aromatic heterocycles. The molecule has 4 nitrogen and oxygen atoms in total. The number of rotatable bonds is 7. The fourth-order valence-electron chi connectivity index (χ4n) is 0.804. The van der Waals surface area contributed by atoms with Crippen LogP contribution in [0.5, 0.6) is 0 Å². The highest BCUT2D eigenvalue weighted by Gasteiger charge is 2.11. The van der Waals surface area contributed by atoms with Crippen LogP contribution in [0.3, 0.4) is 0 Å². The minimum Gasteiger partial charge on any atom is -0.385 e. The van der Waals surface area contributed by atoms with Crippen molar-refractivity contribution < 1.29 is 9.53 Å². The summed E-state index contributed by atoms with van der Waals surface area (Å²) >= 11 is 0. The Morgan fingerprint density at radius 3 is 3.00 bits per heavy atom. The Hall–Kier alpha value is -0.870. The zero-order chi connectivity index (χ0) is 10.1. The SMILES string of the molecule is C=CCCNC(=O)C(N)CCOC. The number of carbonyl (C=O) groups excluding carboxylic acids is 1. The summed E-state index contributed by atoms with van der Waals surface area (Å²) in [4.78, 5) is 11.2. The van der Waals surface area contributed by atoms with Crippen LogP contribution in [0.4, 0.5) is 0 Å². The summed E-state index contributed by atoms with van der Waals surface area (Å²) in [5.41, 5.74) is 5.57. The van der Waals surface area contributed by atoms with E-state index in [4.69, 9.17) is 10.5 Å². The van der Waals surface area contributed by atoms with Crippen LogP contribution in [0.15, 0.2) is 12.7 Å². The molecule has 1 amide bonds. The smallest absolute Gasteiger partial charge is 0.237 e. The van der Waals surface area contributed by atoms with E-state index in [1.807, 2.05) is 0 Å². The maximum Gasteiger partial charge on any atom is 0.237 e. The summed E-state index contributed by atoms with van der Waals surface area (Å²) in [5, 5.41) is 2.70. The van der Waals surface area contributed by atoms with Gasteiger partial charge in [-0.1, -0.05) is 6.08 Å². The molecule has 0 bridgehead atoms. The zero-order valence-corrected chi connectivity index (χ0v) is 8.08. The molecule has 0 aliphatic carbocycles. The van der Waals surface area contributed by atoms with Gasteiger partial charge in [0.2, 0.25) is 5.91 Å². The lowest BCUT2D eigenvalue weighted by atomic mass is 10.2. The second kappa shape index (κ2) is 7.76. The summed E-state index contributed by atoms with van der Waals surface area (Å²) in [5.74, 6) is -0.126. The van der Waals surface area contributed by atoms with Crippen molar-refractivity contribution in [2.24, 2.45) is 5.73 Å². The number of nitrogens with two attached hydrogens (primary N) is 1. The molecular formula is C9H18N2O2. The standard InChI is InChI=1S/C9H18N2O2/c1-3-4-6-11-9(12)8(10)5-7-13-2/h3,8H,1,4-7,10H2,2H3,(H,11,12). The summed E-state index contributed by atoms with van der Waals surface area (Å²) in [7, 11) is 1.59. The molecule has 0 spiro atoms. The predicted molar refractivity (Wildman–Crippen MR) is 52.3 cm³/mol. The number of nitrogens with one attached hydrogen (secondary N) is 1. The number of amides is 1. The van der Waals surface area contributed by atoms with E-state index in [9.17, 15) is 4.79 Å². The molecule has 0 saturated carbocycles. The molecule has 3 N–H and O–H groups in total. The van der Waals surface area contributed by atoms with Crippen LogP contribution in [0, 0.1) is 0 Å². The number of hydrogen-bond donors (Lipinski definition) is 2. The lowest BCUT2D eigenvalue weighted by Crippen LogP contribution is -2.41. The van der Waals surface area contributed by atoms with Crippen LogP contribution < -0.4 is 11.1 Å². The largest absolute Gasteiger partial charge is 0.385 e. The van der Waals surface area contributed by atoms with Crippen LogP contribution in [-0.4, -0.2) is 32.2 Å². The van der Waals surface area contributed by atoms with E-state index in [0.29, 0.717) is 19.6 Å². The fraction of sp³-hybridized carbons (Fsp3) is 0.667. The van der Waals surface area contributed by atoms with E-state index in [2.05, 4.69) is 11.9 Å². The Bertz CT molecular complexity index is 160. The minimum absolute atomic E-state index is 0.126. The maximum atomic E-state index is 11.2. The van der Waals surface area contributed by atoms with Crippen molar-refractivity contribution in [2.75, 3.05) is 20.3 Å². The zero-order valence-electron chi connectivity index (χ0n) is 8.08. The molecule has 0 aromatic rings. The summed E-state index contributed by atoms with van der Waals surface area (Å²) < 4.78 is 4.81. The first kappa shape index (κ1) is 12.1. The number of carbonyl (C=O) groups is 1. The number of ether oxygens (including phenoxy) is 1. The average molecular weight is 186 g/mol. The van der Waals surface area contributed by atoms with E-state index in [1.165, 1.54) is 0 Å². The van der Waals surface area contributed by atoms with Gasteiger partial charge < -0.3 is 15.8 Å². The second-order valence-corrected chi connectivity index (χ2v) is 2.76. The molecule has 0 aromatic carbocycles. The van der Waals surface area contributed by atoms with Crippen LogP contribution >= 0.6 is 0 Å². The van der Waals surface area contributed by atoms with Gasteiger partial charge in [0.05, 0.1) is 6.04 Å². The first-order valence-electron chi connectivity index (χ1n) is 4.35. The molecule has 13 heavy (non-hydrogen) atoms. The fourth-order valence-corrected chi connectivity index (χ4v) is 0.804. The van der Waals surface area contributed by atoms with Crippen molar-refractivity contribution >= 4 is 5.91 Å². The highest BCUT2D eigenvalue weighted by Crippen LogP contribution is 1.89. The van der Waals surface area contributed by atoms with Gasteiger partial charge in [0.1, 0.15) is 0 Å². The third-order valence-electron chi connectivity index (χ3n) is 1.62. The van der Waals surface area contributed by atoms with Crippen LogP contribution in [0.1, 0.15) is 12.8 Å². The van der Waals surface area contributed by atoms with Crippen LogP contribution in [-0.2, 0) is 9.53 Å². The Morgan fingerprint density at radius 2 is 2.46 bits per heavy atom. The van der Waals surface area contributed by atoms with Crippen molar-refractivity contribution in [3.05, 3.63) is 12.7 Å². The number of hydrogen-bond acceptors (Lipinski definition) is 3. The quantitative estimate of drug-likeness (QED) is 0.436. The van der Waals surface area contributed by atoms with Gasteiger partial charge in [-0.05, 0) is 12.8 Å². The Morgan fingerprint density at radius 1 is 1.77 bits per heavy atom. The molecule has 0 aliphatic heterocycles. The van der Waals surface area contributed by atoms with Gasteiger partial charge in [-0.25, -0.2) is 0 Å². The van der Waals surface area contributed by atoms with Crippen LogP contribution in [0.25, 0.3) is 0 Å². The summed E-state index contributed by atoms with van der Waals surface area (Å²) in [6, 6.07) is -0.468. The number of methoxy groups -OCH3 is 1. The molecule has 0 heterocycles. The van der Waals surface area contributed by atoms with Gasteiger partial charge in [-0.15, -0.1) is 6.58 Å². The molecule has 0 rings (SSSR count). The predicted octanol–water partition coefficient (Wildman–Crippen LogP) is 0.0425. The lowest BCUT2D eigenvalue weighted by molar-refractivity contribution is -0.122. The minimum atomic E-state index is -0.468. The molecular weight excluding hydrogens is 168 g/mol. The van der Waals surface area contributed by atoms with Crippen LogP contribution in [0.2, 0.25) is 0 Å². The monoisotopic (exact) mass is 186 g/mol. The van der Waals surface area contributed by atoms with Gasteiger partial charge in [-0.2, -0.15) is 0 Å². The normalized spacial score (nSPS) is 12.2. The van der Waals surface area contributed by atoms with Gasteiger partial charge in [0.25, 0.3) is 0 Å². The molecule has 1 atom stereocenters. The molecule has 0 fully saturated rings. The molecule has 0 aliphatic rings. The Labute approximate surface area is 79.1 Å². The third-order valence-corrected chi connectivity index (χ3v) is 1.62. The Kier molecular flexibility index (Phi) is 7.24. The summed E-state index contributed by atoms with van der Waals surface area (Å²) in [6.45, 7) is 4.66. The van der Waals surface area contributed by atoms with E-state index in [0.717, 1.165) is 6.42 Å². The van der Waals surface area contributed by atoms with E-state index in [-0.39, 0.29) is 5.91 Å². The van der Waals surface area contributed by atoms with Gasteiger partial charge in [0.15, 0.2) is 0 Å². The van der Waals surface area contributed by atoms with Gasteiger partial charge in [-0.3, -0.25) is 4.79 Å². The highest BCUT2D eigenvalue weighted by molar-refractivity contribution is 5.81. The second-order valence-electron chi connectivity index (χ2n) is 2.76. The van der Waals surface area contributed by atoms with Crippen molar-refractivity contribution in [1.82, 2.24) is 5.32 Å². The van der Waals surface area contributed by atoms with Crippen molar-refractivity contribution in [1.29, 1.82) is 0 Å². The van der Waals surface area contributed by atoms with Gasteiger partial charge >= 0.3 is 0 Å². The lowest BCUT2D eigenvalue weighted by Gasteiger charge is -2.10. The van der Waals surface area contributed by atoms with E-state index >= 15 is 0 Å². The highest BCUT2D eigenvalue weighted by atomic mass is 16.5. The molecule has 0 radical (unpaired) electrons. The van der Waals surface area contributed by atoms with Gasteiger partial charge in [0, 0.05) is 20.3 Å². The third kappa shape index (κ3) is 6.31. The summed E-state index contributed by atoms with van der Waals surface area (Å²) in [6.07, 6.45) is 3.07. The first-order valence-corrected chi connectivity index (χ1v) is 4.35. The average Bonchev–Trinajstić information content (AvgIpc) is 2.14. The van der Waals surface area contributed by atoms with Crippen molar-refractivity contribution in [2.45, 2.75) is 18.9 Å². The van der Waals surface area contributed by atoms with E-state index in [1.54, 1.807) is 13.2 Å². The topological polar surface area (TPSA) is 64.4 Å². The first-order chi connectivity index (χ1) is 6.22. The van der Waals surface area contributed by atoms with Crippen molar-refractivity contribution in [3.63, 3.8) is 0 Å². The van der Waals surface area contributed by atoms with Crippen molar-refractivity contribution in [3.8, 4) is 0 Å².